The summed E-state index contributed by atoms with van der Waals surface area (Å²) < 4.78 is 0. The maximum absolute atomic E-state index is 9.96. The van der Waals surface area contributed by atoms with Gasteiger partial charge in [-0.2, -0.15) is 0 Å². The molecule has 2 nitrogen and oxygen atoms in total. The van der Waals surface area contributed by atoms with Crippen LogP contribution in [0.5, 0.6) is 0 Å². The summed E-state index contributed by atoms with van der Waals surface area (Å²) in [6.45, 7) is 6.69. The van der Waals surface area contributed by atoms with Gasteiger partial charge in [0.05, 0.1) is 6.10 Å². The molecular formula is C10H19NO. The number of rotatable bonds is 0. The first-order chi connectivity index (χ1) is 5.41. The molecule has 2 aliphatic rings. The quantitative estimate of drug-likeness (QED) is 0.571. The Balaban J connectivity index is 2.44. The minimum atomic E-state index is -0.286. The van der Waals surface area contributed by atoms with Gasteiger partial charge in [0.15, 0.2) is 0 Å². The molecule has 4 atom stereocenters. The lowest BCUT2D eigenvalue weighted by molar-refractivity contribution is 0.00582. The van der Waals surface area contributed by atoms with Crippen molar-refractivity contribution in [1.82, 2.24) is 0 Å². The highest BCUT2D eigenvalue weighted by Gasteiger charge is 2.64. The molecule has 12 heavy (non-hydrogen) atoms. The molecule has 2 saturated carbocycles. The van der Waals surface area contributed by atoms with Crippen LogP contribution in [0.25, 0.3) is 0 Å². The fraction of sp³-hybridized carbons (Fsp3) is 1.00. The highest BCUT2D eigenvalue weighted by molar-refractivity contribution is 5.16. The Morgan fingerprint density at radius 3 is 2.17 bits per heavy atom. The topological polar surface area (TPSA) is 46.2 Å². The zero-order valence-electron chi connectivity index (χ0n) is 8.17. The third kappa shape index (κ3) is 0.647. The number of hydrogen-bond acceptors (Lipinski definition) is 2. The molecule has 0 aromatic heterocycles. The van der Waals surface area contributed by atoms with Gasteiger partial charge >= 0.3 is 0 Å². The lowest BCUT2D eigenvalue weighted by Crippen LogP contribution is -2.43. The summed E-state index contributed by atoms with van der Waals surface area (Å²) in [6, 6.07) is 0.0127. The van der Waals surface area contributed by atoms with E-state index in [-0.39, 0.29) is 23.0 Å². The predicted octanol–water partition coefficient (Wildman–Crippen LogP) is 1.13. The van der Waals surface area contributed by atoms with E-state index in [2.05, 4.69) is 20.8 Å². The number of aliphatic hydroxyl groups is 1. The van der Waals surface area contributed by atoms with Crippen molar-refractivity contribution in [2.45, 2.75) is 45.8 Å². The number of hydrogen-bond donors (Lipinski definition) is 2. The molecule has 2 bridgehead atoms. The maximum Gasteiger partial charge on any atom is 0.0752 e. The Labute approximate surface area is 74.1 Å². The molecule has 0 unspecified atom stereocenters. The summed E-state index contributed by atoms with van der Waals surface area (Å²) in [5.41, 5.74) is 6.27. The minimum absolute atomic E-state index is 0.0127. The van der Waals surface area contributed by atoms with Crippen LogP contribution in [-0.2, 0) is 0 Å². The molecule has 0 aromatic rings. The van der Waals surface area contributed by atoms with Crippen LogP contribution in [0.1, 0.15) is 33.6 Å². The van der Waals surface area contributed by atoms with Gasteiger partial charge in [0.1, 0.15) is 0 Å². The summed E-state index contributed by atoms with van der Waals surface area (Å²) in [5.74, 6) is 0.525. The summed E-state index contributed by atoms with van der Waals surface area (Å²) in [7, 11) is 0. The molecule has 0 aliphatic heterocycles. The monoisotopic (exact) mass is 169 g/mol. The lowest BCUT2D eigenvalue weighted by Gasteiger charge is -2.36. The van der Waals surface area contributed by atoms with Gasteiger partial charge in [-0.15, -0.1) is 0 Å². The Hall–Kier alpha value is -0.0800. The van der Waals surface area contributed by atoms with Crippen molar-refractivity contribution in [2.24, 2.45) is 22.5 Å². The summed E-state index contributed by atoms with van der Waals surface area (Å²) in [6.07, 6.45) is 2.05. The van der Waals surface area contributed by atoms with Crippen LogP contribution in [0, 0.1) is 16.7 Å². The van der Waals surface area contributed by atoms with Crippen LogP contribution >= 0.6 is 0 Å². The summed E-state index contributed by atoms with van der Waals surface area (Å²) >= 11 is 0. The van der Waals surface area contributed by atoms with Crippen LogP contribution in [0.2, 0.25) is 0 Å². The fourth-order valence-corrected chi connectivity index (χ4v) is 3.41. The third-order valence-corrected chi connectivity index (χ3v) is 4.86. The van der Waals surface area contributed by atoms with Crippen molar-refractivity contribution in [1.29, 1.82) is 0 Å². The van der Waals surface area contributed by atoms with Crippen molar-refractivity contribution in [3.63, 3.8) is 0 Å². The van der Waals surface area contributed by atoms with Gasteiger partial charge in [-0.3, -0.25) is 0 Å². The number of fused-ring (bicyclic) bond motifs is 2. The Bertz CT molecular complexity index is 214. The molecule has 2 heteroatoms. The molecule has 3 N–H and O–H groups in total. The van der Waals surface area contributed by atoms with Gasteiger partial charge in [-0.05, 0) is 24.2 Å². The molecule has 2 fully saturated rings. The highest BCUT2D eigenvalue weighted by Crippen LogP contribution is 2.64. The molecule has 0 radical (unpaired) electrons. The lowest BCUT2D eigenvalue weighted by atomic mass is 9.70. The van der Waals surface area contributed by atoms with Crippen LogP contribution in [-0.4, -0.2) is 17.3 Å². The first kappa shape index (κ1) is 8.52. The Kier molecular flexibility index (Phi) is 1.45. The largest absolute Gasteiger partial charge is 0.391 e. The Morgan fingerprint density at radius 2 is 1.92 bits per heavy atom. The zero-order valence-corrected chi connectivity index (χ0v) is 8.17. The van der Waals surface area contributed by atoms with Gasteiger partial charge in [0.25, 0.3) is 0 Å². The summed E-state index contributed by atoms with van der Waals surface area (Å²) in [4.78, 5) is 0. The fourth-order valence-electron chi connectivity index (χ4n) is 3.41. The second kappa shape index (κ2) is 2.05. The van der Waals surface area contributed by atoms with Gasteiger partial charge in [0.2, 0.25) is 0 Å². The Morgan fingerprint density at radius 1 is 1.33 bits per heavy atom. The number of nitrogens with two attached hydrogens (primary N) is 1. The molecule has 0 spiro atoms. The average Bonchev–Trinajstić information content (AvgIpc) is 2.26. The molecular weight excluding hydrogens is 150 g/mol. The van der Waals surface area contributed by atoms with E-state index in [0.29, 0.717) is 5.92 Å². The number of aliphatic hydroxyl groups excluding tert-OH is 1. The molecule has 2 rings (SSSR count). The smallest absolute Gasteiger partial charge is 0.0752 e. The van der Waals surface area contributed by atoms with E-state index >= 15 is 0 Å². The van der Waals surface area contributed by atoms with E-state index in [0.717, 1.165) is 6.42 Å². The summed E-state index contributed by atoms with van der Waals surface area (Å²) in [5, 5.41) is 9.96. The van der Waals surface area contributed by atoms with Crippen LogP contribution in [0.15, 0.2) is 0 Å². The van der Waals surface area contributed by atoms with Crippen LogP contribution in [0.3, 0.4) is 0 Å². The molecule has 0 amide bonds. The van der Waals surface area contributed by atoms with E-state index < -0.39 is 0 Å². The second-order valence-corrected chi connectivity index (χ2v) is 5.31. The second-order valence-electron chi connectivity index (χ2n) is 5.31. The van der Waals surface area contributed by atoms with Crippen molar-refractivity contribution in [2.75, 3.05) is 0 Å². The van der Waals surface area contributed by atoms with Gasteiger partial charge in [0, 0.05) is 11.5 Å². The first-order valence-electron chi connectivity index (χ1n) is 4.85. The molecule has 70 valence electrons. The van der Waals surface area contributed by atoms with E-state index in [1.165, 1.54) is 6.42 Å². The van der Waals surface area contributed by atoms with E-state index in [4.69, 9.17) is 5.73 Å². The molecule has 2 aliphatic carbocycles. The van der Waals surface area contributed by atoms with Crippen molar-refractivity contribution in [3.8, 4) is 0 Å². The zero-order chi connectivity index (χ0) is 9.15. The average molecular weight is 169 g/mol. The maximum atomic E-state index is 9.96. The van der Waals surface area contributed by atoms with Crippen molar-refractivity contribution < 1.29 is 5.11 Å². The van der Waals surface area contributed by atoms with Crippen molar-refractivity contribution in [3.05, 3.63) is 0 Å². The highest BCUT2D eigenvalue weighted by atomic mass is 16.3. The minimum Gasteiger partial charge on any atom is -0.391 e. The van der Waals surface area contributed by atoms with Gasteiger partial charge < -0.3 is 10.8 Å². The van der Waals surface area contributed by atoms with Crippen LogP contribution in [0.4, 0.5) is 0 Å². The van der Waals surface area contributed by atoms with Crippen LogP contribution < -0.4 is 5.73 Å². The molecule has 0 saturated heterocycles. The first-order valence-corrected chi connectivity index (χ1v) is 4.85. The molecule has 0 aromatic carbocycles. The normalized spacial score (nSPS) is 56.2. The predicted molar refractivity (Wildman–Crippen MR) is 48.6 cm³/mol. The SMILES string of the molecule is CC1(C)[C@@H]2CC[C@@]1(C)[C@@H](O)[C@@H]2N. The standard InChI is InChI=1S/C10H19NO/c1-9(2)6-4-5-10(9,3)8(12)7(6)11/h6-8,12H,4-5,11H2,1-3H3/t6-,7-,8+,10+/m1/s1. The van der Waals surface area contributed by atoms with Gasteiger partial charge in [-0.1, -0.05) is 20.8 Å². The van der Waals surface area contributed by atoms with E-state index in [9.17, 15) is 5.11 Å². The van der Waals surface area contributed by atoms with E-state index in [1.54, 1.807) is 0 Å². The van der Waals surface area contributed by atoms with Crippen molar-refractivity contribution >= 4 is 0 Å². The third-order valence-electron chi connectivity index (χ3n) is 4.86. The van der Waals surface area contributed by atoms with E-state index in [1.807, 2.05) is 0 Å². The van der Waals surface area contributed by atoms with Gasteiger partial charge in [-0.25, -0.2) is 0 Å². The molecule has 0 heterocycles.